The Morgan fingerprint density at radius 2 is 1.37 bits per heavy atom. The predicted molar refractivity (Wildman–Crippen MR) is 164 cm³/mol. The molecule has 1 N–H and O–H groups in total. The highest BCUT2D eigenvalue weighted by molar-refractivity contribution is 6.46. The number of unbranched alkanes of at least 4 members (excludes halogenated alkanes) is 13. The van der Waals surface area contributed by atoms with Crippen molar-refractivity contribution in [3.05, 3.63) is 80.9 Å². The molecule has 1 amide bonds. The first-order valence-corrected chi connectivity index (χ1v) is 15.4. The van der Waals surface area contributed by atoms with Crippen LogP contribution in [-0.2, 0) is 9.59 Å². The number of ketones is 1. The van der Waals surface area contributed by atoms with Crippen molar-refractivity contribution in [2.45, 2.75) is 110 Å². The van der Waals surface area contributed by atoms with Gasteiger partial charge in [0.2, 0.25) is 0 Å². The summed E-state index contributed by atoms with van der Waals surface area (Å²) in [5, 5.41) is 22.6. The van der Waals surface area contributed by atoms with Gasteiger partial charge in [0.05, 0.1) is 16.5 Å². The predicted octanol–water partition coefficient (Wildman–Crippen LogP) is 8.81. The number of non-ortho nitro benzene ring substituents is 1. The fraction of sp³-hybridized carbons (Fsp3) is 0.529. The Bertz CT molecular complexity index is 1190. The minimum atomic E-state index is -0.877. The van der Waals surface area contributed by atoms with Crippen LogP contribution >= 0.6 is 0 Å². The SMILES string of the molecule is CCCCCCCCCCCCCCCCN1C(=O)C(=O)C(=C(O)c2ccc(C)cc2)C1c1cccc([N+](=O)[O-])c1. The van der Waals surface area contributed by atoms with E-state index in [1.54, 1.807) is 24.3 Å². The monoisotopic (exact) mass is 562 g/mol. The Balaban J connectivity index is 1.59. The fourth-order valence-electron chi connectivity index (χ4n) is 5.61. The number of aliphatic hydroxyl groups is 1. The molecule has 1 aliphatic heterocycles. The normalized spacial score (nSPS) is 16.4. The van der Waals surface area contributed by atoms with E-state index in [1.807, 2.05) is 19.1 Å². The Kier molecular flexibility index (Phi) is 13.1. The molecule has 0 spiro atoms. The number of Topliss-reactive ketones (excluding diaryl/α,β-unsaturated/α-hetero) is 1. The van der Waals surface area contributed by atoms with Crippen LogP contribution in [0.2, 0.25) is 0 Å². The quantitative estimate of drug-likeness (QED) is 0.0488. The van der Waals surface area contributed by atoms with Gasteiger partial charge in [-0.15, -0.1) is 0 Å². The van der Waals surface area contributed by atoms with Gasteiger partial charge in [-0.2, -0.15) is 0 Å². The third kappa shape index (κ3) is 9.27. The first-order chi connectivity index (χ1) is 19.8. The summed E-state index contributed by atoms with van der Waals surface area (Å²) in [6, 6.07) is 12.2. The lowest BCUT2D eigenvalue weighted by atomic mass is 9.94. The first kappa shape index (κ1) is 32.0. The van der Waals surface area contributed by atoms with E-state index in [9.17, 15) is 24.8 Å². The summed E-state index contributed by atoms with van der Waals surface area (Å²) in [5.74, 6) is -1.70. The van der Waals surface area contributed by atoms with Crippen LogP contribution in [0.25, 0.3) is 5.76 Å². The summed E-state index contributed by atoms with van der Waals surface area (Å²) in [5.41, 5.74) is 1.72. The smallest absolute Gasteiger partial charge is 0.295 e. The summed E-state index contributed by atoms with van der Waals surface area (Å²) in [6.07, 6.45) is 17.0. The van der Waals surface area contributed by atoms with Gasteiger partial charge in [0.15, 0.2) is 0 Å². The summed E-state index contributed by atoms with van der Waals surface area (Å²) in [4.78, 5) is 38.8. The second-order valence-electron chi connectivity index (χ2n) is 11.3. The molecule has 7 heteroatoms. The molecule has 2 aromatic carbocycles. The van der Waals surface area contributed by atoms with Crippen molar-refractivity contribution in [1.82, 2.24) is 4.90 Å². The topological polar surface area (TPSA) is 101 Å². The maximum Gasteiger partial charge on any atom is 0.295 e. The maximum absolute atomic E-state index is 13.2. The molecule has 1 unspecified atom stereocenters. The van der Waals surface area contributed by atoms with Gasteiger partial charge in [-0.05, 0) is 18.9 Å². The average Bonchev–Trinajstić information content (AvgIpc) is 3.22. The van der Waals surface area contributed by atoms with Crippen molar-refractivity contribution in [2.75, 3.05) is 6.54 Å². The van der Waals surface area contributed by atoms with Crippen molar-refractivity contribution >= 4 is 23.1 Å². The molecule has 3 rings (SSSR count). The zero-order valence-electron chi connectivity index (χ0n) is 24.8. The third-order valence-electron chi connectivity index (χ3n) is 8.01. The number of nitro groups is 1. The highest BCUT2D eigenvalue weighted by Gasteiger charge is 2.46. The number of aliphatic hydroxyl groups excluding tert-OH is 1. The van der Waals surface area contributed by atoms with E-state index in [0.29, 0.717) is 17.7 Å². The Hall–Kier alpha value is -3.48. The minimum absolute atomic E-state index is 0.0234. The number of hydrogen-bond donors (Lipinski definition) is 1. The molecule has 2 aromatic rings. The molecular formula is C34H46N2O5. The molecule has 1 fully saturated rings. The number of benzene rings is 2. The molecule has 0 aliphatic carbocycles. The van der Waals surface area contributed by atoms with Crippen LogP contribution in [-0.4, -0.2) is 33.2 Å². The Labute approximate surface area is 244 Å². The van der Waals surface area contributed by atoms with Gasteiger partial charge in [0.25, 0.3) is 17.4 Å². The Morgan fingerprint density at radius 3 is 1.90 bits per heavy atom. The maximum atomic E-state index is 13.2. The molecule has 0 saturated carbocycles. The van der Waals surface area contributed by atoms with Crippen molar-refractivity contribution in [3.8, 4) is 0 Å². The molecule has 41 heavy (non-hydrogen) atoms. The molecule has 222 valence electrons. The van der Waals surface area contributed by atoms with E-state index >= 15 is 0 Å². The van der Waals surface area contributed by atoms with Gasteiger partial charge >= 0.3 is 0 Å². The molecule has 1 saturated heterocycles. The number of aryl methyl sites for hydroxylation is 1. The summed E-state index contributed by atoms with van der Waals surface area (Å²) >= 11 is 0. The van der Waals surface area contributed by atoms with Crippen molar-refractivity contribution in [3.63, 3.8) is 0 Å². The van der Waals surface area contributed by atoms with Gasteiger partial charge < -0.3 is 10.0 Å². The first-order valence-electron chi connectivity index (χ1n) is 15.4. The van der Waals surface area contributed by atoms with Gasteiger partial charge in [-0.1, -0.05) is 132 Å². The van der Waals surface area contributed by atoms with E-state index < -0.39 is 22.7 Å². The lowest BCUT2D eigenvalue weighted by molar-refractivity contribution is -0.384. The number of likely N-dealkylation sites (tertiary alicyclic amines) is 1. The minimum Gasteiger partial charge on any atom is -0.507 e. The zero-order chi connectivity index (χ0) is 29.6. The van der Waals surface area contributed by atoms with Crippen LogP contribution in [0.3, 0.4) is 0 Å². The van der Waals surface area contributed by atoms with Crippen LogP contribution in [0.1, 0.15) is 120 Å². The molecule has 1 aliphatic rings. The number of nitro benzene ring substituents is 1. The standard InChI is InChI=1S/C34H46N2O5/c1-3-4-5-6-7-8-9-10-11-12-13-14-15-16-24-35-31(28-18-17-19-29(25-28)36(40)41)30(33(38)34(35)39)32(37)27-22-20-26(2)21-23-27/h17-23,25,31,37H,3-16,24H2,1-2H3. The van der Waals surface area contributed by atoms with Crippen LogP contribution in [0.5, 0.6) is 0 Å². The highest BCUT2D eigenvalue weighted by atomic mass is 16.6. The number of carbonyl (C=O) groups excluding carboxylic acids is 2. The second-order valence-corrected chi connectivity index (χ2v) is 11.3. The van der Waals surface area contributed by atoms with E-state index in [1.165, 1.54) is 81.2 Å². The summed E-state index contributed by atoms with van der Waals surface area (Å²) in [7, 11) is 0. The van der Waals surface area contributed by atoms with Crippen molar-refractivity contribution < 1.29 is 19.6 Å². The van der Waals surface area contributed by atoms with E-state index in [0.717, 1.165) is 31.2 Å². The van der Waals surface area contributed by atoms with E-state index in [4.69, 9.17) is 0 Å². The number of carbonyl (C=O) groups is 2. The molecule has 0 aromatic heterocycles. The zero-order valence-corrected chi connectivity index (χ0v) is 24.8. The van der Waals surface area contributed by atoms with E-state index in [2.05, 4.69) is 6.92 Å². The van der Waals surface area contributed by atoms with Crippen LogP contribution in [0, 0.1) is 17.0 Å². The molecule has 1 atom stereocenters. The molecule has 1 heterocycles. The largest absolute Gasteiger partial charge is 0.507 e. The van der Waals surface area contributed by atoms with Crippen LogP contribution in [0.15, 0.2) is 54.1 Å². The summed E-state index contributed by atoms with van der Waals surface area (Å²) < 4.78 is 0. The van der Waals surface area contributed by atoms with Gasteiger partial charge in [0.1, 0.15) is 5.76 Å². The van der Waals surface area contributed by atoms with Gasteiger partial charge in [0, 0.05) is 24.2 Å². The molecular weight excluding hydrogens is 516 g/mol. The highest BCUT2D eigenvalue weighted by Crippen LogP contribution is 2.40. The van der Waals surface area contributed by atoms with Gasteiger partial charge in [-0.25, -0.2) is 0 Å². The fourth-order valence-corrected chi connectivity index (χ4v) is 5.61. The molecule has 7 nitrogen and oxygen atoms in total. The summed E-state index contributed by atoms with van der Waals surface area (Å²) in [6.45, 7) is 4.51. The number of nitrogens with zero attached hydrogens (tertiary/aromatic N) is 2. The van der Waals surface area contributed by atoms with Crippen molar-refractivity contribution in [1.29, 1.82) is 0 Å². The van der Waals surface area contributed by atoms with Crippen LogP contribution in [0.4, 0.5) is 5.69 Å². The lowest BCUT2D eigenvalue weighted by Gasteiger charge is -2.25. The van der Waals surface area contributed by atoms with Gasteiger partial charge in [-0.3, -0.25) is 19.7 Å². The number of rotatable bonds is 18. The third-order valence-corrected chi connectivity index (χ3v) is 8.01. The average molecular weight is 563 g/mol. The second kappa shape index (κ2) is 16.7. The molecule has 0 bridgehead atoms. The Morgan fingerprint density at radius 1 is 0.829 bits per heavy atom. The number of amides is 1. The van der Waals surface area contributed by atoms with Crippen molar-refractivity contribution in [2.24, 2.45) is 0 Å². The lowest BCUT2D eigenvalue weighted by Crippen LogP contribution is -2.30. The molecule has 0 radical (unpaired) electrons. The van der Waals surface area contributed by atoms with E-state index in [-0.39, 0.29) is 17.0 Å². The number of hydrogen-bond acceptors (Lipinski definition) is 5. The van der Waals surface area contributed by atoms with Crippen LogP contribution < -0.4 is 0 Å².